The van der Waals surface area contributed by atoms with Crippen LogP contribution in [0.5, 0.6) is 5.75 Å². The Kier molecular flexibility index (Phi) is 6.63. The maximum absolute atomic E-state index is 12.3. The van der Waals surface area contributed by atoms with Crippen molar-refractivity contribution in [3.63, 3.8) is 0 Å². The number of amides is 1. The number of carbonyl (C=O) groups excluding carboxylic acids is 1. The van der Waals surface area contributed by atoms with Gasteiger partial charge in [-0.2, -0.15) is 0 Å². The molecule has 1 aromatic rings. The van der Waals surface area contributed by atoms with Gasteiger partial charge in [0.25, 0.3) is 5.91 Å². The van der Waals surface area contributed by atoms with Gasteiger partial charge in [-0.1, -0.05) is 18.6 Å². The van der Waals surface area contributed by atoms with Crippen LogP contribution >= 0.6 is 0 Å². The molecule has 2 N–H and O–H groups in total. The van der Waals surface area contributed by atoms with E-state index in [1.165, 1.54) is 36.3 Å². The molecule has 8 heteroatoms. The molecule has 1 saturated carbocycles. The molecule has 2 fully saturated rings. The Bertz CT molecular complexity index is 655. The Labute approximate surface area is 159 Å². The van der Waals surface area contributed by atoms with E-state index in [0.29, 0.717) is 6.54 Å². The van der Waals surface area contributed by atoms with Gasteiger partial charge in [-0.05, 0) is 18.9 Å². The Balaban J connectivity index is 1.56. The number of morpholine rings is 1. The Hall–Kier alpha value is -2.19. The highest BCUT2D eigenvalue weighted by Gasteiger charge is 2.42. The van der Waals surface area contributed by atoms with Crippen LogP contribution in [0.3, 0.4) is 0 Å². The quantitative estimate of drug-likeness (QED) is 0.538. The average molecular weight is 378 g/mol. The van der Waals surface area contributed by atoms with Crippen molar-refractivity contribution in [2.45, 2.75) is 37.6 Å². The minimum Gasteiger partial charge on any atom is -0.477 e. The van der Waals surface area contributed by atoms with Crippen molar-refractivity contribution < 1.29 is 24.1 Å². The van der Waals surface area contributed by atoms with Crippen molar-refractivity contribution >= 4 is 11.6 Å². The first kappa shape index (κ1) is 19.6. The summed E-state index contributed by atoms with van der Waals surface area (Å²) in [6, 6.07) is 6.10. The first-order valence-corrected chi connectivity index (χ1v) is 9.67. The number of nitro benzene ring substituents is 1. The highest BCUT2D eigenvalue weighted by molar-refractivity contribution is 5.77. The van der Waals surface area contributed by atoms with Gasteiger partial charge in [-0.3, -0.25) is 14.9 Å². The van der Waals surface area contributed by atoms with Crippen LogP contribution in [0.25, 0.3) is 0 Å². The summed E-state index contributed by atoms with van der Waals surface area (Å²) in [4.78, 5) is 24.4. The predicted octanol–water partition coefficient (Wildman–Crippen LogP) is 0.708. The molecule has 0 spiro atoms. The number of nitro groups is 1. The third kappa shape index (κ3) is 4.95. The van der Waals surface area contributed by atoms with Crippen molar-refractivity contribution in [3.05, 3.63) is 34.4 Å². The molecule has 1 aliphatic heterocycles. The maximum atomic E-state index is 12.3. The molecule has 0 radical (unpaired) electrons. The number of benzene rings is 1. The molecule has 0 bridgehead atoms. The average Bonchev–Trinajstić information content (AvgIpc) is 2.72. The lowest BCUT2D eigenvalue weighted by Crippen LogP contribution is -3.23. The van der Waals surface area contributed by atoms with Crippen molar-refractivity contribution in [2.24, 2.45) is 0 Å². The van der Waals surface area contributed by atoms with Crippen LogP contribution in [-0.2, 0) is 9.53 Å². The lowest BCUT2D eigenvalue weighted by molar-refractivity contribution is -0.960. The summed E-state index contributed by atoms with van der Waals surface area (Å²) in [6.45, 7) is 3.88. The highest BCUT2D eigenvalue weighted by Crippen LogP contribution is 2.26. The maximum Gasteiger partial charge on any atom is 0.310 e. The van der Waals surface area contributed by atoms with E-state index in [4.69, 9.17) is 9.47 Å². The van der Waals surface area contributed by atoms with E-state index >= 15 is 0 Å². The Morgan fingerprint density at radius 2 is 1.93 bits per heavy atom. The van der Waals surface area contributed by atoms with E-state index in [2.05, 4.69) is 5.32 Å². The van der Waals surface area contributed by atoms with Crippen molar-refractivity contribution in [2.75, 3.05) is 39.5 Å². The molecule has 2 aliphatic rings. The number of carbonyl (C=O) groups is 1. The number of hydrogen-bond acceptors (Lipinski definition) is 5. The third-order valence-electron chi connectivity index (χ3n) is 5.70. The van der Waals surface area contributed by atoms with Gasteiger partial charge in [-0.15, -0.1) is 0 Å². The first-order chi connectivity index (χ1) is 13.1. The Morgan fingerprint density at radius 3 is 2.63 bits per heavy atom. The number of nitrogens with one attached hydrogen (secondary N) is 2. The second kappa shape index (κ2) is 9.14. The number of para-hydroxylation sites is 2. The van der Waals surface area contributed by atoms with E-state index < -0.39 is 4.92 Å². The standard InChI is InChI=1S/C19H27N3O5/c23-18(14-27-17-7-3-2-6-16(17)22(24)25)20-15-19(8-4-1-5-9-19)21-10-12-26-13-11-21/h2-3,6-7H,1,4-5,8-15H2,(H,20,23)/p+1. The fraction of sp³-hybridized carbons (Fsp3) is 0.632. The molecular weight excluding hydrogens is 350 g/mol. The van der Waals surface area contributed by atoms with Gasteiger partial charge in [0.2, 0.25) is 0 Å². The molecule has 1 saturated heterocycles. The zero-order valence-corrected chi connectivity index (χ0v) is 15.6. The van der Waals surface area contributed by atoms with Crippen molar-refractivity contribution in [1.29, 1.82) is 0 Å². The fourth-order valence-corrected chi connectivity index (χ4v) is 4.22. The number of nitrogens with zero attached hydrogens (tertiary/aromatic N) is 1. The van der Waals surface area contributed by atoms with E-state index in [-0.39, 0.29) is 29.5 Å². The van der Waals surface area contributed by atoms with Gasteiger partial charge in [-0.25, -0.2) is 0 Å². The van der Waals surface area contributed by atoms with Gasteiger partial charge >= 0.3 is 5.69 Å². The van der Waals surface area contributed by atoms with Gasteiger partial charge in [0.05, 0.1) is 24.7 Å². The van der Waals surface area contributed by atoms with Crippen LogP contribution in [-0.4, -0.2) is 55.8 Å². The molecule has 8 nitrogen and oxygen atoms in total. The molecule has 148 valence electrons. The minimum absolute atomic E-state index is 0.0659. The lowest BCUT2D eigenvalue weighted by atomic mass is 9.79. The van der Waals surface area contributed by atoms with Gasteiger partial charge < -0.3 is 19.7 Å². The molecule has 1 aromatic carbocycles. The number of quaternary nitrogens is 1. The molecule has 1 aliphatic carbocycles. The zero-order chi connectivity index (χ0) is 19.1. The topological polar surface area (TPSA) is 95.1 Å². The summed E-state index contributed by atoms with van der Waals surface area (Å²) in [5.74, 6) is -0.130. The number of rotatable bonds is 7. The van der Waals surface area contributed by atoms with Crippen LogP contribution in [0.1, 0.15) is 32.1 Å². The van der Waals surface area contributed by atoms with Gasteiger partial charge in [0, 0.05) is 18.9 Å². The summed E-state index contributed by atoms with van der Waals surface area (Å²) >= 11 is 0. The highest BCUT2D eigenvalue weighted by atomic mass is 16.6. The molecule has 1 amide bonds. The third-order valence-corrected chi connectivity index (χ3v) is 5.70. The van der Waals surface area contributed by atoms with Crippen LogP contribution < -0.4 is 15.0 Å². The van der Waals surface area contributed by atoms with Crippen LogP contribution in [0.2, 0.25) is 0 Å². The smallest absolute Gasteiger partial charge is 0.310 e. The molecule has 27 heavy (non-hydrogen) atoms. The van der Waals surface area contributed by atoms with E-state index in [9.17, 15) is 14.9 Å². The van der Waals surface area contributed by atoms with E-state index in [1.807, 2.05) is 0 Å². The normalized spacial score (nSPS) is 20.0. The first-order valence-electron chi connectivity index (χ1n) is 9.67. The van der Waals surface area contributed by atoms with Crippen molar-refractivity contribution in [1.82, 2.24) is 5.32 Å². The molecule has 0 unspecified atom stereocenters. The second-order valence-electron chi connectivity index (χ2n) is 7.35. The fourth-order valence-electron chi connectivity index (χ4n) is 4.22. The summed E-state index contributed by atoms with van der Waals surface area (Å²) in [5.41, 5.74) is -0.0667. The number of hydrogen-bond donors (Lipinski definition) is 2. The molecule has 3 rings (SSSR count). The van der Waals surface area contributed by atoms with Gasteiger partial charge in [0.15, 0.2) is 12.4 Å². The van der Waals surface area contributed by atoms with Gasteiger partial charge in [0.1, 0.15) is 18.6 Å². The summed E-state index contributed by atoms with van der Waals surface area (Å²) in [5, 5.41) is 14.0. The molecule has 0 aromatic heterocycles. The summed E-state index contributed by atoms with van der Waals surface area (Å²) in [7, 11) is 0. The molecular formula is C19H28N3O5+. The second-order valence-corrected chi connectivity index (χ2v) is 7.35. The summed E-state index contributed by atoms with van der Waals surface area (Å²) < 4.78 is 10.9. The minimum atomic E-state index is -0.508. The molecule has 1 heterocycles. The number of ether oxygens (including phenoxy) is 2. The molecule has 0 atom stereocenters. The Morgan fingerprint density at radius 1 is 1.22 bits per heavy atom. The summed E-state index contributed by atoms with van der Waals surface area (Å²) in [6.07, 6.45) is 5.83. The SMILES string of the molecule is O=C(COc1ccccc1[N+](=O)[O-])NCC1([NH+]2CCOCC2)CCCCC1. The van der Waals surface area contributed by atoms with Crippen molar-refractivity contribution in [3.8, 4) is 5.75 Å². The lowest BCUT2D eigenvalue weighted by Gasteiger charge is -2.45. The monoisotopic (exact) mass is 378 g/mol. The largest absolute Gasteiger partial charge is 0.477 e. The zero-order valence-electron chi connectivity index (χ0n) is 15.6. The van der Waals surface area contributed by atoms with E-state index in [1.54, 1.807) is 12.1 Å². The van der Waals surface area contributed by atoms with Crippen LogP contribution in [0.15, 0.2) is 24.3 Å². The van der Waals surface area contributed by atoms with Crippen LogP contribution in [0, 0.1) is 10.1 Å². The van der Waals surface area contributed by atoms with E-state index in [0.717, 1.165) is 39.1 Å². The van der Waals surface area contributed by atoms with Crippen LogP contribution in [0.4, 0.5) is 5.69 Å². The predicted molar refractivity (Wildman–Crippen MR) is 98.9 cm³/mol.